The lowest BCUT2D eigenvalue weighted by Crippen LogP contribution is -2.48. The number of aromatic nitrogens is 3. The van der Waals surface area contributed by atoms with Gasteiger partial charge >= 0.3 is 6.09 Å². The van der Waals surface area contributed by atoms with Gasteiger partial charge in [-0.2, -0.15) is 0 Å². The number of alkyl carbamates (subject to hydrolysis) is 1. The number of anilines is 1. The van der Waals surface area contributed by atoms with Crippen molar-refractivity contribution in [1.82, 2.24) is 19.7 Å². The van der Waals surface area contributed by atoms with Crippen LogP contribution in [0.1, 0.15) is 50.8 Å². The number of hydrogen-bond donors (Lipinski definition) is 1. The number of rotatable bonds is 2. The Labute approximate surface area is 205 Å². The lowest BCUT2D eigenvalue weighted by Gasteiger charge is -2.43. The number of nitrogens with zero attached hydrogens (tertiary/aromatic N) is 4. The van der Waals surface area contributed by atoms with Gasteiger partial charge in [-0.3, -0.25) is 4.40 Å². The quantitative estimate of drug-likeness (QED) is 0.451. The second-order valence-corrected chi connectivity index (χ2v) is 11.1. The van der Waals surface area contributed by atoms with E-state index in [1.165, 1.54) is 6.07 Å². The van der Waals surface area contributed by atoms with Gasteiger partial charge in [0.25, 0.3) is 0 Å². The molecule has 9 heteroatoms. The van der Waals surface area contributed by atoms with Crippen LogP contribution in [-0.4, -0.2) is 39.2 Å². The molecule has 1 aliphatic carbocycles. The summed E-state index contributed by atoms with van der Waals surface area (Å²) in [5, 5.41) is 3.09. The Morgan fingerprint density at radius 3 is 2.76 bits per heavy atom. The molecule has 0 unspecified atom stereocenters. The van der Waals surface area contributed by atoms with Gasteiger partial charge in [-0.1, -0.05) is 6.07 Å². The fraction of sp³-hybridized carbons (Fsp3) is 0.458. The molecule has 1 fully saturated rings. The Morgan fingerprint density at radius 2 is 2.03 bits per heavy atom. The topological polar surface area (TPSA) is 71.8 Å². The molecule has 1 saturated heterocycles. The molecule has 2 aliphatic rings. The standard InChI is InChI=1S/C24H27FIN5O2/c1-23(2,3)33-22(32)29-19-17-12-16(25)5-4-15(17)13-24(19)6-9-30(10-7-24)21-28-14-18(26)20-27-8-11-31(20)21/h4-5,8,11-12,14,19H,6-7,9-10,13H2,1-3H3,(H,29,32)/t19-/m1/s1. The number of hydrogen-bond acceptors (Lipinski definition) is 5. The molecule has 1 aliphatic heterocycles. The van der Waals surface area contributed by atoms with Crippen molar-refractivity contribution in [2.24, 2.45) is 5.41 Å². The third-order valence-electron chi connectivity index (χ3n) is 6.64. The molecule has 7 nitrogen and oxygen atoms in total. The summed E-state index contributed by atoms with van der Waals surface area (Å²) in [7, 11) is 0. The summed E-state index contributed by atoms with van der Waals surface area (Å²) in [6.07, 6.45) is 7.59. The van der Waals surface area contributed by atoms with E-state index in [4.69, 9.17) is 4.74 Å². The van der Waals surface area contributed by atoms with Crippen LogP contribution < -0.4 is 10.2 Å². The Kier molecular flexibility index (Phi) is 5.49. The average Bonchev–Trinajstić information content (AvgIpc) is 3.33. The molecule has 1 spiro atoms. The summed E-state index contributed by atoms with van der Waals surface area (Å²) >= 11 is 2.25. The number of imidazole rings is 1. The molecule has 1 atom stereocenters. The number of ether oxygens (including phenoxy) is 1. The summed E-state index contributed by atoms with van der Waals surface area (Å²) in [6.45, 7) is 7.09. The van der Waals surface area contributed by atoms with Crippen LogP contribution in [0.25, 0.3) is 5.65 Å². The molecule has 3 heterocycles. The lowest BCUT2D eigenvalue weighted by atomic mass is 9.73. The normalized spacial score (nSPS) is 19.7. The van der Waals surface area contributed by atoms with Crippen molar-refractivity contribution in [3.05, 3.63) is 57.3 Å². The van der Waals surface area contributed by atoms with Gasteiger partial charge < -0.3 is 15.0 Å². The molecular weight excluding hydrogens is 536 g/mol. The zero-order valence-electron chi connectivity index (χ0n) is 18.9. The summed E-state index contributed by atoms with van der Waals surface area (Å²) in [6, 6.07) is 4.63. The Morgan fingerprint density at radius 1 is 1.27 bits per heavy atom. The van der Waals surface area contributed by atoms with Gasteiger partial charge in [0, 0.05) is 37.1 Å². The summed E-state index contributed by atoms with van der Waals surface area (Å²) in [5.74, 6) is 0.584. The van der Waals surface area contributed by atoms with Crippen molar-refractivity contribution in [2.75, 3.05) is 18.0 Å². The zero-order valence-corrected chi connectivity index (χ0v) is 21.1. The first-order chi connectivity index (χ1) is 15.7. The number of carbonyl (C=O) groups is 1. The molecule has 0 bridgehead atoms. The smallest absolute Gasteiger partial charge is 0.408 e. The van der Waals surface area contributed by atoms with E-state index < -0.39 is 11.7 Å². The van der Waals surface area contributed by atoms with E-state index in [9.17, 15) is 9.18 Å². The van der Waals surface area contributed by atoms with Crippen molar-refractivity contribution in [1.29, 1.82) is 0 Å². The predicted octanol–water partition coefficient (Wildman–Crippen LogP) is 4.88. The Hall–Kier alpha value is -2.43. The number of fused-ring (bicyclic) bond motifs is 2. The largest absolute Gasteiger partial charge is 0.444 e. The van der Waals surface area contributed by atoms with Gasteiger partial charge in [0.2, 0.25) is 5.95 Å². The van der Waals surface area contributed by atoms with E-state index in [0.717, 1.165) is 58.6 Å². The molecule has 0 saturated carbocycles. The zero-order chi connectivity index (χ0) is 23.4. The van der Waals surface area contributed by atoms with E-state index in [0.29, 0.717) is 0 Å². The van der Waals surface area contributed by atoms with Gasteiger partial charge in [-0.25, -0.2) is 19.2 Å². The van der Waals surface area contributed by atoms with Crippen LogP contribution in [0.4, 0.5) is 15.1 Å². The number of amides is 1. The maximum absolute atomic E-state index is 14.2. The van der Waals surface area contributed by atoms with Crippen LogP contribution in [0.15, 0.2) is 36.8 Å². The minimum atomic E-state index is -0.601. The minimum absolute atomic E-state index is 0.194. The molecule has 5 rings (SSSR count). The predicted molar refractivity (Wildman–Crippen MR) is 132 cm³/mol. The van der Waals surface area contributed by atoms with Gasteiger partial charge in [-0.15, -0.1) is 0 Å². The highest BCUT2D eigenvalue weighted by Crippen LogP contribution is 2.52. The highest BCUT2D eigenvalue weighted by atomic mass is 127. The fourth-order valence-electron chi connectivity index (χ4n) is 5.19. The molecule has 0 radical (unpaired) electrons. The number of carbonyl (C=O) groups excluding carboxylic acids is 1. The SMILES string of the molecule is CC(C)(C)OC(=O)N[C@@H]1c2cc(F)ccc2CC12CCN(c1ncc(I)c3nccn13)CC2. The summed E-state index contributed by atoms with van der Waals surface area (Å²) in [5.41, 5.74) is 2.06. The number of halogens is 2. The molecule has 1 aromatic carbocycles. The molecule has 174 valence electrons. The van der Waals surface area contributed by atoms with Crippen LogP contribution >= 0.6 is 22.6 Å². The third kappa shape index (κ3) is 4.15. The van der Waals surface area contributed by atoms with Gasteiger partial charge in [-0.05, 0) is 85.9 Å². The maximum Gasteiger partial charge on any atom is 0.408 e. The van der Waals surface area contributed by atoms with Crippen LogP contribution in [0.2, 0.25) is 0 Å². The molecule has 3 aromatic rings. The second kappa shape index (κ2) is 8.11. The van der Waals surface area contributed by atoms with E-state index in [2.05, 4.69) is 42.8 Å². The maximum atomic E-state index is 14.2. The first-order valence-corrected chi connectivity index (χ1v) is 12.2. The fourth-order valence-corrected chi connectivity index (χ4v) is 5.73. The van der Waals surface area contributed by atoms with E-state index in [1.54, 1.807) is 12.3 Å². The molecule has 1 amide bonds. The molecule has 2 aromatic heterocycles. The highest BCUT2D eigenvalue weighted by Gasteiger charge is 2.49. The Bertz CT molecular complexity index is 1210. The summed E-state index contributed by atoms with van der Waals surface area (Å²) in [4.78, 5) is 24.1. The van der Waals surface area contributed by atoms with E-state index in [-0.39, 0.29) is 17.3 Å². The number of benzene rings is 1. The molecule has 1 N–H and O–H groups in total. The summed E-state index contributed by atoms with van der Waals surface area (Å²) < 4.78 is 22.7. The first kappa shape index (κ1) is 22.4. The minimum Gasteiger partial charge on any atom is -0.444 e. The van der Waals surface area contributed by atoms with Crippen molar-refractivity contribution in [3.8, 4) is 0 Å². The van der Waals surface area contributed by atoms with Gasteiger partial charge in [0.05, 0.1) is 9.61 Å². The van der Waals surface area contributed by atoms with E-state index >= 15 is 0 Å². The van der Waals surface area contributed by atoms with Gasteiger partial charge in [0.15, 0.2) is 5.65 Å². The first-order valence-electron chi connectivity index (χ1n) is 11.2. The van der Waals surface area contributed by atoms with Crippen LogP contribution in [0.3, 0.4) is 0 Å². The van der Waals surface area contributed by atoms with Crippen molar-refractivity contribution >= 4 is 40.3 Å². The van der Waals surface area contributed by atoms with Crippen molar-refractivity contribution in [2.45, 2.75) is 51.7 Å². The highest BCUT2D eigenvalue weighted by molar-refractivity contribution is 14.1. The van der Waals surface area contributed by atoms with E-state index in [1.807, 2.05) is 43.6 Å². The number of nitrogens with one attached hydrogen (secondary N) is 1. The lowest BCUT2D eigenvalue weighted by molar-refractivity contribution is 0.0427. The molecular formula is C24H27FIN5O2. The van der Waals surface area contributed by atoms with Gasteiger partial charge in [0.1, 0.15) is 11.4 Å². The van der Waals surface area contributed by atoms with Crippen LogP contribution in [-0.2, 0) is 11.2 Å². The number of piperidine rings is 1. The van der Waals surface area contributed by atoms with Crippen LogP contribution in [0.5, 0.6) is 0 Å². The average molecular weight is 563 g/mol. The monoisotopic (exact) mass is 563 g/mol. The Balaban J connectivity index is 1.42. The van der Waals surface area contributed by atoms with Crippen molar-refractivity contribution < 1.29 is 13.9 Å². The second-order valence-electron chi connectivity index (χ2n) is 9.98. The van der Waals surface area contributed by atoms with Crippen LogP contribution in [0, 0.1) is 14.8 Å². The van der Waals surface area contributed by atoms with Crippen molar-refractivity contribution in [3.63, 3.8) is 0 Å². The molecule has 33 heavy (non-hydrogen) atoms. The third-order valence-corrected chi connectivity index (χ3v) is 7.40.